The van der Waals surface area contributed by atoms with E-state index in [0.717, 1.165) is 5.69 Å². The largest absolute Gasteiger partial charge is 0.459 e. The predicted octanol–water partition coefficient (Wildman–Crippen LogP) is 4.49. The van der Waals surface area contributed by atoms with Gasteiger partial charge in [0.05, 0.1) is 17.7 Å². The molecule has 0 fully saturated rings. The van der Waals surface area contributed by atoms with Crippen LogP contribution in [0.1, 0.15) is 32.4 Å². The van der Waals surface area contributed by atoms with Crippen molar-refractivity contribution in [2.24, 2.45) is 0 Å². The number of rotatable bonds is 4. The summed E-state index contributed by atoms with van der Waals surface area (Å²) in [7, 11) is 0. The van der Waals surface area contributed by atoms with Crippen LogP contribution in [0.15, 0.2) is 65.9 Å². The Morgan fingerprint density at radius 2 is 1.89 bits per heavy atom. The van der Waals surface area contributed by atoms with E-state index in [1.54, 1.807) is 30.9 Å². The Morgan fingerprint density at radius 1 is 1.19 bits per heavy atom. The zero-order valence-corrected chi connectivity index (χ0v) is 16.2. The lowest BCUT2D eigenvalue weighted by Gasteiger charge is -2.37. The summed E-state index contributed by atoms with van der Waals surface area (Å²) in [5, 5.41) is 3.61. The van der Waals surface area contributed by atoms with E-state index in [1.807, 2.05) is 37.3 Å². The van der Waals surface area contributed by atoms with E-state index in [0.29, 0.717) is 21.9 Å². The number of nitrogens with one attached hydrogen (secondary N) is 1. The second kappa shape index (κ2) is 7.88. The zero-order valence-electron chi connectivity index (χ0n) is 15.4. The number of carbonyl (C=O) groups excluding carboxylic acids is 1. The number of hydrogen-bond acceptors (Lipinski definition) is 3. The number of allylic oxidation sites excluding steroid dienone is 1. The molecule has 3 rings (SSSR count). The van der Waals surface area contributed by atoms with E-state index in [1.165, 1.54) is 12.1 Å². The van der Waals surface area contributed by atoms with Crippen LogP contribution in [0.2, 0.25) is 0 Å². The molecule has 0 radical (unpaired) electrons. The third-order valence-corrected chi connectivity index (χ3v) is 4.54. The monoisotopic (exact) mass is 384 g/mol. The van der Waals surface area contributed by atoms with E-state index >= 15 is 0 Å². The second-order valence-electron chi connectivity index (χ2n) is 6.56. The van der Waals surface area contributed by atoms with Gasteiger partial charge in [-0.1, -0.05) is 30.3 Å². The standard InChI is InChI=1S/C21H21FN2O2S/c1-13(2)26-20(25)18-14(3)24(17-10-5-4-6-11-17)21(27)23-19(18)15-8-7-9-16(22)12-15/h4-13,19H,1-3H3,(H,23,27)/t19-/m0/s1. The molecule has 0 bridgehead atoms. The van der Waals surface area contributed by atoms with Crippen LogP contribution in [0.4, 0.5) is 10.1 Å². The molecule has 0 spiro atoms. The van der Waals surface area contributed by atoms with Crippen LogP contribution in [-0.4, -0.2) is 17.2 Å². The fourth-order valence-electron chi connectivity index (χ4n) is 3.11. The number of ether oxygens (including phenoxy) is 1. The summed E-state index contributed by atoms with van der Waals surface area (Å²) in [6.07, 6.45) is -0.273. The molecule has 1 heterocycles. The van der Waals surface area contributed by atoms with Crippen molar-refractivity contribution in [2.75, 3.05) is 4.90 Å². The molecule has 0 amide bonds. The summed E-state index contributed by atoms with van der Waals surface area (Å²) in [5.41, 5.74) is 2.51. The van der Waals surface area contributed by atoms with Gasteiger partial charge >= 0.3 is 5.97 Å². The number of nitrogens with zero attached hydrogens (tertiary/aromatic N) is 1. The van der Waals surface area contributed by atoms with Crippen LogP contribution in [0.25, 0.3) is 0 Å². The second-order valence-corrected chi connectivity index (χ2v) is 6.95. The van der Waals surface area contributed by atoms with Crippen molar-refractivity contribution < 1.29 is 13.9 Å². The number of thiocarbonyl (C=S) groups is 1. The summed E-state index contributed by atoms with van der Waals surface area (Å²) in [6.45, 7) is 5.41. The molecule has 2 aromatic carbocycles. The van der Waals surface area contributed by atoms with Crippen LogP contribution in [0.5, 0.6) is 0 Å². The van der Waals surface area contributed by atoms with Gasteiger partial charge in [-0.2, -0.15) is 0 Å². The highest BCUT2D eigenvalue weighted by molar-refractivity contribution is 7.80. The first-order valence-electron chi connectivity index (χ1n) is 8.71. The molecule has 0 aliphatic carbocycles. The molecule has 1 aliphatic rings. The van der Waals surface area contributed by atoms with Gasteiger partial charge in [-0.15, -0.1) is 0 Å². The first-order chi connectivity index (χ1) is 12.9. The molecular weight excluding hydrogens is 363 g/mol. The smallest absolute Gasteiger partial charge is 0.338 e. The van der Waals surface area contributed by atoms with Crippen molar-refractivity contribution in [1.29, 1.82) is 0 Å². The lowest BCUT2D eigenvalue weighted by molar-refractivity contribution is -0.143. The molecule has 0 saturated carbocycles. The number of anilines is 1. The van der Waals surface area contributed by atoms with Gasteiger partial charge in [-0.3, -0.25) is 4.90 Å². The molecule has 2 aromatic rings. The maximum atomic E-state index is 13.8. The minimum atomic E-state index is -0.584. The number of esters is 1. The van der Waals surface area contributed by atoms with Crippen LogP contribution in [0, 0.1) is 5.82 Å². The van der Waals surface area contributed by atoms with Crippen molar-refractivity contribution in [2.45, 2.75) is 32.9 Å². The van der Waals surface area contributed by atoms with Gasteiger partial charge in [0.1, 0.15) is 5.82 Å². The first-order valence-corrected chi connectivity index (χ1v) is 9.12. The average molecular weight is 384 g/mol. The minimum absolute atomic E-state index is 0.273. The number of carbonyl (C=O) groups is 1. The normalized spacial score (nSPS) is 17.1. The predicted molar refractivity (Wildman–Crippen MR) is 108 cm³/mol. The summed E-state index contributed by atoms with van der Waals surface area (Å²) < 4.78 is 19.3. The summed E-state index contributed by atoms with van der Waals surface area (Å²) in [5.74, 6) is -0.826. The third kappa shape index (κ3) is 4.01. The first kappa shape index (κ1) is 19.0. The molecule has 0 saturated heterocycles. The molecule has 6 heteroatoms. The highest BCUT2D eigenvalue weighted by Gasteiger charge is 2.35. The van der Waals surface area contributed by atoms with E-state index in [4.69, 9.17) is 17.0 Å². The van der Waals surface area contributed by atoms with Crippen LogP contribution < -0.4 is 10.2 Å². The Labute approximate surface area is 163 Å². The Balaban J connectivity index is 2.13. The van der Waals surface area contributed by atoms with Crippen molar-refractivity contribution in [1.82, 2.24) is 5.32 Å². The lowest BCUT2D eigenvalue weighted by Crippen LogP contribution is -2.48. The average Bonchev–Trinajstić information content (AvgIpc) is 2.61. The fourth-order valence-corrected chi connectivity index (χ4v) is 3.47. The highest BCUT2D eigenvalue weighted by Crippen LogP contribution is 2.34. The maximum absolute atomic E-state index is 13.8. The van der Waals surface area contributed by atoms with Gasteiger partial charge in [-0.05, 0) is 62.8 Å². The molecule has 140 valence electrons. The Hall–Kier alpha value is -2.73. The lowest BCUT2D eigenvalue weighted by atomic mass is 9.94. The topological polar surface area (TPSA) is 41.6 Å². The summed E-state index contributed by atoms with van der Waals surface area (Å²) >= 11 is 5.56. The number of halogens is 1. The van der Waals surface area contributed by atoms with Crippen molar-refractivity contribution in [3.8, 4) is 0 Å². The van der Waals surface area contributed by atoms with Gasteiger partial charge in [0, 0.05) is 11.4 Å². The van der Waals surface area contributed by atoms with E-state index in [9.17, 15) is 9.18 Å². The van der Waals surface area contributed by atoms with Crippen LogP contribution in [-0.2, 0) is 9.53 Å². The van der Waals surface area contributed by atoms with Crippen LogP contribution in [0.3, 0.4) is 0 Å². The highest BCUT2D eigenvalue weighted by atomic mass is 32.1. The third-order valence-electron chi connectivity index (χ3n) is 4.24. The summed E-state index contributed by atoms with van der Waals surface area (Å²) in [6, 6.07) is 15.1. The number of benzene rings is 2. The van der Waals surface area contributed by atoms with Crippen molar-refractivity contribution in [3.05, 3.63) is 77.2 Å². The molecule has 1 aliphatic heterocycles. The van der Waals surface area contributed by atoms with Gasteiger partial charge < -0.3 is 10.1 Å². The van der Waals surface area contributed by atoms with Crippen molar-refractivity contribution >= 4 is 29.0 Å². The van der Waals surface area contributed by atoms with E-state index < -0.39 is 12.0 Å². The van der Waals surface area contributed by atoms with Gasteiger partial charge in [-0.25, -0.2) is 9.18 Å². The van der Waals surface area contributed by atoms with Gasteiger partial charge in [0.2, 0.25) is 0 Å². The minimum Gasteiger partial charge on any atom is -0.459 e. The maximum Gasteiger partial charge on any atom is 0.338 e. The quantitative estimate of drug-likeness (QED) is 0.621. The zero-order chi connectivity index (χ0) is 19.6. The molecule has 4 nitrogen and oxygen atoms in total. The number of para-hydroxylation sites is 1. The fraction of sp³-hybridized carbons (Fsp3) is 0.238. The Kier molecular flexibility index (Phi) is 5.56. The SMILES string of the molecule is CC1=C(C(=O)OC(C)C)[C@H](c2cccc(F)c2)NC(=S)N1c1ccccc1. The van der Waals surface area contributed by atoms with Crippen molar-refractivity contribution in [3.63, 3.8) is 0 Å². The molecule has 0 unspecified atom stereocenters. The Bertz CT molecular complexity index is 896. The molecule has 1 atom stereocenters. The molecule has 0 aromatic heterocycles. The molecule has 27 heavy (non-hydrogen) atoms. The van der Waals surface area contributed by atoms with E-state index in [-0.39, 0.29) is 11.9 Å². The van der Waals surface area contributed by atoms with E-state index in [2.05, 4.69) is 5.32 Å². The summed E-state index contributed by atoms with van der Waals surface area (Å²) in [4.78, 5) is 14.7. The molecule has 1 N–H and O–H groups in total. The molecular formula is C21H21FN2O2S. The van der Waals surface area contributed by atoms with Gasteiger partial charge in [0.25, 0.3) is 0 Å². The number of hydrogen-bond donors (Lipinski definition) is 1. The Morgan fingerprint density at radius 3 is 2.52 bits per heavy atom. The van der Waals surface area contributed by atoms with Gasteiger partial charge in [0.15, 0.2) is 5.11 Å². The van der Waals surface area contributed by atoms with Crippen LogP contribution >= 0.6 is 12.2 Å².